The Hall–Kier alpha value is -1.06. The Morgan fingerprint density at radius 3 is 2.18 bits per heavy atom. The molecular weight excluding hydrogens is 467 g/mol. The second kappa shape index (κ2) is 11.2. The van der Waals surface area contributed by atoms with E-state index in [2.05, 4.69) is 60.4 Å². The van der Waals surface area contributed by atoms with Gasteiger partial charge < -0.3 is 20.1 Å². The molecule has 28 heavy (non-hydrogen) atoms. The third kappa shape index (κ3) is 7.08. The number of guanidine groups is 1. The standard InChI is InChI=1S/C21H36N4O2.HI/c1-20(2,17-7-9-18(26-6)10-8-17)15-23-19(22-5)24-16-21(3,4)25-11-13-27-14-12-25;/h7-10H,11-16H2,1-6H3,(H2,22,23,24);1H. The zero-order valence-corrected chi connectivity index (χ0v) is 20.5. The summed E-state index contributed by atoms with van der Waals surface area (Å²) in [6, 6.07) is 8.26. The van der Waals surface area contributed by atoms with Crippen molar-refractivity contribution in [2.45, 2.75) is 38.6 Å². The van der Waals surface area contributed by atoms with Crippen LogP contribution in [0.2, 0.25) is 0 Å². The van der Waals surface area contributed by atoms with Gasteiger partial charge in [-0.15, -0.1) is 24.0 Å². The van der Waals surface area contributed by atoms with Crippen LogP contribution in [0.5, 0.6) is 5.75 Å². The van der Waals surface area contributed by atoms with Crippen LogP contribution in [-0.2, 0) is 10.2 Å². The van der Waals surface area contributed by atoms with E-state index in [1.165, 1.54) is 5.56 Å². The zero-order valence-electron chi connectivity index (χ0n) is 18.2. The molecule has 0 saturated carbocycles. The number of morpholine rings is 1. The molecule has 1 saturated heterocycles. The van der Waals surface area contributed by atoms with E-state index >= 15 is 0 Å². The lowest BCUT2D eigenvalue weighted by molar-refractivity contribution is -0.00834. The fourth-order valence-electron chi connectivity index (χ4n) is 3.25. The molecule has 0 amide bonds. The molecule has 7 heteroatoms. The lowest BCUT2D eigenvalue weighted by atomic mass is 9.84. The molecule has 1 aromatic carbocycles. The van der Waals surface area contributed by atoms with Crippen molar-refractivity contribution < 1.29 is 9.47 Å². The average molecular weight is 504 g/mol. The number of methoxy groups -OCH3 is 1. The highest BCUT2D eigenvalue weighted by Gasteiger charge is 2.28. The van der Waals surface area contributed by atoms with Crippen molar-refractivity contribution in [3.63, 3.8) is 0 Å². The van der Waals surface area contributed by atoms with Gasteiger partial charge in [-0.3, -0.25) is 9.89 Å². The van der Waals surface area contributed by atoms with Gasteiger partial charge in [0.2, 0.25) is 0 Å². The molecule has 1 aliphatic heterocycles. The fourth-order valence-corrected chi connectivity index (χ4v) is 3.25. The molecule has 1 heterocycles. The number of nitrogens with zero attached hydrogens (tertiary/aromatic N) is 2. The van der Waals surface area contributed by atoms with Crippen molar-refractivity contribution in [3.8, 4) is 5.75 Å². The van der Waals surface area contributed by atoms with Crippen molar-refractivity contribution in [3.05, 3.63) is 29.8 Å². The molecule has 1 fully saturated rings. The maximum atomic E-state index is 5.47. The SMILES string of the molecule is CN=C(NCC(C)(C)c1ccc(OC)cc1)NCC(C)(C)N1CCOCC1.I. The van der Waals surface area contributed by atoms with Crippen molar-refractivity contribution in [2.75, 3.05) is 53.6 Å². The lowest BCUT2D eigenvalue weighted by Gasteiger charge is -2.41. The van der Waals surface area contributed by atoms with Crippen molar-refractivity contribution in [1.29, 1.82) is 0 Å². The zero-order chi connectivity index (χ0) is 19.9. The van der Waals surface area contributed by atoms with E-state index in [-0.39, 0.29) is 34.9 Å². The Kier molecular flexibility index (Phi) is 10.00. The van der Waals surface area contributed by atoms with Crippen LogP contribution in [0.15, 0.2) is 29.3 Å². The highest BCUT2D eigenvalue weighted by Crippen LogP contribution is 2.24. The summed E-state index contributed by atoms with van der Waals surface area (Å²) in [4.78, 5) is 6.86. The maximum Gasteiger partial charge on any atom is 0.191 e. The first-order chi connectivity index (χ1) is 12.8. The van der Waals surface area contributed by atoms with Crippen molar-refractivity contribution in [1.82, 2.24) is 15.5 Å². The van der Waals surface area contributed by atoms with Gasteiger partial charge in [0.05, 0.1) is 20.3 Å². The number of hydrogen-bond donors (Lipinski definition) is 2. The highest BCUT2D eigenvalue weighted by molar-refractivity contribution is 14.0. The smallest absolute Gasteiger partial charge is 0.191 e. The molecular formula is C21H37IN4O2. The molecule has 1 aliphatic rings. The lowest BCUT2D eigenvalue weighted by Crippen LogP contribution is -2.57. The number of rotatable bonds is 7. The van der Waals surface area contributed by atoms with Crippen LogP contribution in [-0.4, -0.2) is 69.9 Å². The van der Waals surface area contributed by atoms with E-state index in [0.29, 0.717) is 0 Å². The molecule has 1 aromatic rings. The van der Waals surface area contributed by atoms with Crippen LogP contribution in [0, 0.1) is 0 Å². The van der Waals surface area contributed by atoms with E-state index in [4.69, 9.17) is 9.47 Å². The first-order valence-corrected chi connectivity index (χ1v) is 9.70. The summed E-state index contributed by atoms with van der Waals surface area (Å²) in [5.74, 6) is 1.71. The minimum atomic E-state index is -0.0242. The van der Waals surface area contributed by atoms with E-state index < -0.39 is 0 Å². The van der Waals surface area contributed by atoms with Crippen LogP contribution in [0.1, 0.15) is 33.3 Å². The molecule has 0 radical (unpaired) electrons. The van der Waals surface area contributed by atoms with Gasteiger partial charge in [-0.2, -0.15) is 0 Å². The minimum absolute atomic E-state index is 0. The summed E-state index contributed by atoms with van der Waals surface area (Å²) in [6.45, 7) is 14.2. The second-order valence-corrected chi connectivity index (χ2v) is 8.30. The molecule has 160 valence electrons. The van der Waals surface area contributed by atoms with E-state index in [1.807, 2.05) is 19.2 Å². The summed E-state index contributed by atoms with van der Waals surface area (Å²) in [7, 11) is 3.51. The summed E-state index contributed by atoms with van der Waals surface area (Å²) < 4.78 is 10.7. The molecule has 0 unspecified atom stereocenters. The van der Waals surface area contributed by atoms with Gasteiger partial charge in [-0.05, 0) is 31.5 Å². The molecule has 0 atom stereocenters. The van der Waals surface area contributed by atoms with Gasteiger partial charge in [0.15, 0.2) is 5.96 Å². The Bertz CT molecular complexity index is 611. The number of ether oxygens (including phenoxy) is 2. The molecule has 0 spiro atoms. The molecule has 0 aromatic heterocycles. The van der Waals surface area contributed by atoms with Crippen molar-refractivity contribution >= 4 is 29.9 Å². The highest BCUT2D eigenvalue weighted by atomic mass is 127. The largest absolute Gasteiger partial charge is 0.497 e. The molecule has 2 rings (SSSR count). The third-order valence-electron chi connectivity index (χ3n) is 5.35. The number of halogens is 1. The molecule has 0 aliphatic carbocycles. The van der Waals surface area contributed by atoms with E-state index in [1.54, 1.807) is 7.11 Å². The summed E-state index contributed by atoms with van der Waals surface area (Å²) in [5.41, 5.74) is 1.29. The number of hydrogen-bond acceptors (Lipinski definition) is 4. The van der Waals surface area contributed by atoms with Crippen LogP contribution >= 0.6 is 24.0 Å². The van der Waals surface area contributed by atoms with Gasteiger partial charge in [-0.25, -0.2) is 0 Å². The average Bonchev–Trinajstić information content (AvgIpc) is 2.68. The maximum absolute atomic E-state index is 5.47. The predicted molar refractivity (Wildman–Crippen MR) is 127 cm³/mol. The van der Waals surface area contributed by atoms with Crippen molar-refractivity contribution in [2.24, 2.45) is 4.99 Å². The third-order valence-corrected chi connectivity index (χ3v) is 5.35. The summed E-state index contributed by atoms with van der Waals surface area (Å²) in [5, 5.41) is 6.96. The van der Waals surface area contributed by atoms with Gasteiger partial charge in [0.25, 0.3) is 0 Å². The Morgan fingerprint density at radius 2 is 1.64 bits per heavy atom. The van der Waals surface area contributed by atoms with Crippen LogP contribution < -0.4 is 15.4 Å². The molecule has 6 nitrogen and oxygen atoms in total. The van der Waals surface area contributed by atoms with Crippen LogP contribution in [0.4, 0.5) is 0 Å². The number of benzene rings is 1. The van der Waals surface area contributed by atoms with Gasteiger partial charge in [0.1, 0.15) is 5.75 Å². The Labute approximate surface area is 187 Å². The monoisotopic (exact) mass is 504 g/mol. The number of aliphatic imine (C=N–C) groups is 1. The second-order valence-electron chi connectivity index (χ2n) is 8.30. The van der Waals surface area contributed by atoms with E-state index in [0.717, 1.165) is 51.1 Å². The first-order valence-electron chi connectivity index (χ1n) is 9.70. The van der Waals surface area contributed by atoms with Gasteiger partial charge in [-0.1, -0.05) is 26.0 Å². The fraction of sp³-hybridized carbons (Fsp3) is 0.667. The van der Waals surface area contributed by atoms with Crippen LogP contribution in [0.3, 0.4) is 0 Å². The van der Waals surface area contributed by atoms with Gasteiger partial charge >= 0.3 is 0 Å². The predicted octanol–water partition coefficient (Wildman–Crippen LogP) is 2.87. The minimum Gasteiger partial charge on any atom is -0.497 e. The Morgan fingerprint density at radius 1 is 1.07 bits per heavy atom. The van der Waals surface area contributed by atoms with Crippen LogP contribution in [0.25, 0.3) is 0 Å². The Balaban J connectivity index is 0.00000392. The first kappa shape index (κ1) is 25.0. The normalized spacial score (nSPS) is 16.3. The molecule has 2 N–H and O–H groups in total. The van der Waals surface area contributed by atoms with E-state index in [9.17, 15) is 0 Å². The van der Waals surface area contributed by atoms with Gasteiger partial charge in [0, 0.05) is 44.2 Å². The topological polar surface area (TPSA) is 58.1 Å². The quantitative estimate of drug-likeness (QED) is 0.340. The number of nitrogens with one attached hydrogen (secondary N) is 2. The summed E-state index contributed by atoms with van der Waals surface area (Å²) >= 11 is 0. The summed E-state index contributed by atoms with van der Waals surface area (Å²) in [6.07, 6.45) is 0. The molecule has 0 bridgehead atoms.